The standard InChI is InChI=1S/C14H13ClF2N2O/c1-3-6-19-13(9(15)7-18-19)14(20)11-10(16)5-4-8(2)12(11)17/h4-5,7H,3,6H2,1-2H3. The van der Waals surface area contributed by atoms with Gasteiger partial charge in [0, 0.05) is 6.54 Å². The molecule has 2 rings (SSSR count). The average molecular weight is 299 g/mol. The molecule has 0 bridgehead atoms. The molecule has 20 heavy (non-hydrogen) atoms. The van der Waals surface area contributed by atoms with E-state index in [1.165, 1.54) is 23.9 Å². The van der Waals surface area contributed by atoms with Crippen LogP contribution in [0.3, 0.4) is 0 Å². The van der Waals surface area contributed by atoms with Crippen molar-refractivity contribution in [3.05, 3.63) is 51.8 Å². The number of rotatable bonds is 4. The molecule has 0 saturated carbocycles. The fraction of sp³-hybridized carbons (Fsp3) is 0.286. The van der Waals surface area contributed by atoms with E-state index in [0.29, 0.717) is 6.54 Å². The van der Waals surface area contributed by atoms with Crippen LogP contribution in [0, 0.1) is 18.6 Å². The molecule has 0 spiro atoms. The van der Waals surface area contributed by atoms with Gasteiger partial charge in [-0.3, -0.25) is 9.48 Å². The number of halogens is 3. The Bertz CT molecular complexity index is 667. The van der Waals surface area contributed by atoms with Gasteiger partial charge in [-0.15, -0.1) is 0 Å². The number of hydrogen-bond acceptors (Lipinski definition) is 2. The quantitative estimate of drug-likeness (QED) is 0.806. The van der Waals surface area contributed by atoms with Crippen molar-refractivity contribution in [2.24, 2.45) is 0 Å². The van der Waals surface area contributed by atoms with Crippen molar-refractivity contribution in [3.63, 3.8) is 0 Å². The minimum Gasteiger partial charge on any atom is -0.287 e. The molecule has 0 saturated heterocycles. The second-order valence-corrected chi connectivity index (χ2v) is 4.85. The molecule has 0 aliphatic rings. The van der Waals surface area contributed by atoms with Gasteiger partial charge in [0.05, 0.1) is 16.8 Å². The van der Waals surface area contributed by atoms with E-state index < -0.39 is 23.0 Å². The smallest absolute Gasteiger partial charge is 0.218 e. The summed E-state index contributed by atoms with van der Waals surface area (Å²) >= 11 is 5.92. The van der Waals surface area contributed by atoms with E-state index in [0.717, 1.165) is 12.5 Å². The SMILES string of the molecule is CCCn1ncc(Cl)c1C(=O)c1c(F)ccc(C)c1F. The molecular formula is C14H13ClF2N2O. The summed E-state index contributed by atoms with van der Waals surface area (Å²) < 4.78 is 29.2. The van der Waals surface area contributed by atoms with Crippen LogP contribution in [0.2, 0.25) is 5.02 Å². The summed E-state index contributed by atoms with van der Waals surface area (Å²) in [6, 6.07) is 2.35. The van der Waals surface area contributed by atoms with Crippen LogP contribution < -0.4 is 0 Å². The lowest BCUT2D eigenvalue weighted by Gasteiger charge is -2.09. The Balaban J connectivity index is 2.58. The molecular weight excluding hydrogens is 286 g/mol. The third-order valence-corrected chi connectivity index (χ3v) is 3.23. The Morgan fingerprint density at radius 2 is 2.10 bits per heavy atom. The number of nitrogens with zero attached hydrogens (tertiary/aromatic N) is 2. The normalized spacial score (nSPS) is 10.8. The molecule has 0 aliphatic carbocycles. The highest BCUT2D eigenvalue weighted by Gasteiger charge is 2.25. The second kappa shape index (κ2) is 5.71. The Kier molecular flexibility index (Phi) is 4.18. The van der Waals surface area contributed by atoms with Crippen LogP contribution in [0.5, 0.6) is 0 Å². The first-order valence-corrected chi connectivity index (χ1v) is 6.55. The van der Waals surface area contributed by atoms with E-state index in [1.54, 1.807) is 0 Å². The first kappa shape index (κ1) is 14.7. The van der Waals surface area contributed by atoms with Gasteiger partial charge in [0.25, 0.3) is 0 Å². The summed E-state index contributed by atoms with van der Waals surface area (Å²) in [7, 11) is 0. The summed E-state index contributed by atoms with van der Waals surface area (Å²) in [5.41, 5.74) is -0.380. The number of ketones is 1. The molecule has 6 heteroatoms. The zero-order valence-electron chi connectivity index (χ0n) is 11.1. The van der Waals surface area contributed by atoms with Crippen LogP contribution in [0.15, 0.2) is 18.3 Å². The third-order valence-electron chi connectivity index (χ3n) is 2.96. The van der Waals surface area contributed by atoms with Crippen molar-refractivity contribution in [3.8, 4) is 0 Å². The first-order chi connectivity index (χ1) is 9.47. The number of aromatic nitrogens is 2. The van der Waals surface area contributed by atoms with Gasteiger partial charge >= 0.3 is 0 Å². The van der Waals surface area contributed by atoms with Crippen LogP contribution in [0.25, 0.3) is 0 Å². The second-order valence-electron chi connectivity index (χ2n) is 4.45. The topological polar surface area (TPSA) is 34.9 Å². The van der Waals surface area contributed by atoms with E-state index in [1.807, 2.05) is 6.92 Å². The molecule has 0 amide bonds. The van der Waals surface area contributed by atoms with Gasteiger partial charge in [0.1, 0.15) is 17.3 Å². The maximum Gasteiger partial charge on any atom is 0.218 e. The molecule has 106 valence electrons. The lowest BCUT2D eigenvalue weighted by atomic mass is 10.0. The molecule has 1 heterocycles. The van der Waals surface area contributed by atoms with Crippen molar-refractivity contribution < 1.29 is 13.6 Å². The van der Waals surface area contributed by atoms with Crippen LogP contribution in [0.4, 0.5) is 8.78 Å². The van der Waals surface area contributed by atoms with Crippen molar-refractivity contribution in [2.45, 2.75) is 26.8 Å². The number of carbonyl (C=O) groups is 1. The fourth-order valence-corrected chi connectivity index (χ4v) is 2.18. The maximum absolute atomic E-state index is 14.0. The van der Waals surface area contributed by atoms with E-state index in [-0.39, 0.29) is 16.3 Å². The van der Waals surface area contributed by atoms with Gasteiger partial charge in [0.2, 0.25) is 5.78 Å². The maximum atomic E-state index is 14.0. The highest BCUT2D eigenvalue weighted by molar-refractivity contribution is 6.34. The molecule has 0 N–H and O–H groups in total. The molecule has 0 atom stereocenters. The van der Waals surface area contributed by atoms with Gasteiger partial charge in [-0.2, -0.15) is 5.10 Å². The van der Waals surface area contributed by atoms with E-state index >= 15 is 0 Å². The Hall–Kier alpha value is -1.75. The molecule has 0 aliphatic heterocycles. The van der Waals surface area contributed by atoms with Gasteiger partial charge < -0.3 is 0 Å². The molecule has 0 unspecified atom stereocenters. The third kappa shape index (κ3) is 2.45. The predicted molar refractivity (Wildman–Crippen MR) is 72.1 cm³/mol. The van der Waals surface area contributed by atoms with Crippen molar-refractivity contribution in [2.75, 3.05) is 0 Å². The summed E-state index contributed by atoms with van der Waals surface area (Å²) in [5.74, 6) is -2.56. The molecule has 1 aromatic carbocycles. The molecule has 1 aromatic heterocycles. The first-order valence-electron chi connectivity index (χ1n) is 6.18. The predicted octanol–water partition coefficient (Wildman–Crippen LogP) is 3.76. The van der Waals surface area contributed by atoms with E-state index in [4.69, 9.17) is 11.6 Å². The van der Waals surface area contributed by atoms with Crippen molar-refractivity contribution in [1.29, 1.82) is 0 Å². The summed E-state index contributed by atoms with van der Waals surface area (Å²) in [5, 5.41) is 4.04. The monoisotopic (exact) mass is 298 g/mol. The van der Waals surface area contributed by atoms with Gasteiger partial charge in [-0.1, -0.05) is 24.6 Å². The Labute approximate surface area is 120 Å². The molecule has 0 fully saturated rings. The zero-order chi connectivity index (χ0) is 14.9. The highest BCUT2D eigenvalue weighted by atomic mass is 35.5. The summed E-state index contributed by atoms with van der Waals surface area (Å²) in [6.45, 7) is 3.82. The van der Waals surface area contributed by atoms with Crippen LogP contribution in [-0.2, 0) is 6.54 Å². The lowest BCUT2D eigenvalue weighted by Crippen LogP contribution is -2.15. The summed E-state index contributed by atoms with van der Waals surface area (Å²) in [6.07, 6.45) is 2.02. The molecule has 3 nitrogen and oxygen atoms in total. The lowest BCUT2D eigenvalue weighted by molar-refractivity contribution is 0.102. The number of aryl methyl sites for hydroxylation is 2. The number of benzene rings is 1. The molecule has 2 aromatic rings. The average Bonchev–Trinajstić information content (AvgIpc) is 2.76. The van der Waals surface area contributed by atoms with Crippen molar-refractivity contribution in [1.82, 2.24) is 9.78 Å². The van der Waals surface area contributed by atoms with Crippen molar-refractivity contribution >= 4 is 17.4 Å². The van der Waals surface area contributed by atoms with E-state index in [9.17, 15) is 13.6 Å². The minimum atomic E-state index is -0.904. The van der Waals surface area contributed by atoms with Crippen LogP contribution in [-0.4, -0.2) is 15.6 Å². The fourth-order valence-electron chi connectivity index (χ4n) is 1.95. The Morgan fingerprint density at radius 1 is 1.40 bits per heavy atom. The van der Waals surface area contributed by atoms with Gasteiger partial charge in [-0.25, -0.2) is 8.78 Å². The van der Waals surface area contributed by atoms with Crippen LogP contribution in [0.1, 0.15) is 35.0 Å². The minimum absolute atomic E-state index is 0.0110. The van der Waals surface area contributed by atoms with Crippen LogP contribution >= 0.6 is 11.6 Å². The Morgan fingerprint density at radius 3 is 2.75 bits per heavy atom. The van der Waals surface area contributed by atoms with Gasteiger partial charge in [0.15, 0.2) is 0 Å². The summed E-state index contributed by atoms with van der Waals surface area (Å²) in [4.78, 5) is 12.4. The number of hydrogen-bond donors (Lipinski definition) is 0. The van der Waals surface area contributed by atoms with E-state index in [2.05, 4.69) is 5.10 Å². The highest BCUT2D eigenvalue weighted by Crippen LogP contribution is 2.24. The molecule has 0 radical (unpaired) electrons. The zero-order valence-corrected chi connectivity index (χ0v) is 11.8. The van der Waals surface area contributed by atoms with Gasteiger partial charge in [-0.05, 0) is 25.0 Å². The number of carbonyl (C=O) groups excluding carboxylic acids is 1. The largest absolute Gasteiger partial charge is 0.287 e.